The molecule has 9 heteroatoms. The molecule has 0 saturated heterocycles. The molecule has 0 aliphatic carbocycles. The van der Waals surface area contributed by atoms with E-state index in [2.05, 4.69) is 26.3 Å². The highest BCUT2D eigenvalue weighted by Crippen LogP contribution is 2.23. The van der Waals surface area contributed by atoms with Crippen LogP contribution >= 0.6 is 0 Å². The molecule has 4 amide bonds. The fourth-order valence-corrected chi connectivity index (χ4v) is 2.61. The molecule has 3 rings (SSSR count). The van der Waals surface area contributed by atoms with Gasteiger partial charge >= 0.3 is 6.03 Å². The van der Waals surface area contributed by atoms with E-state index in [0.717, 1.165) is 6.07 Å². The van der Waals surface area contributed by atoms with Gasteiger partial charge in [-0.1, -0.05) is 24.3 Å². The van der Waals surface area contributed by atoms with Gasteiger partial charge in [0.1, 0.15) is 11.5 Å². The van der Waals surface area contributed by atoms with Crippen LogP contribution in [0.4, 0.5) is 26.2 Å². The highest BCUT2D eigenvalue weighted by molar-refractivity contribution is 6.06. The maximum absolute atomic E-state index is 13.7. The summed E-state index contributed by atoms with van der Waals surface area (Å²) in [5, 5.41) is 10.3. The molecular weight excluding hydrogens is 401 g/mol. The molecule has 0 atom stereocenters. The number of rotatable bonds is 7. The first-order valence-electron chi connectivity index (χ1n) is 9.43. The van der Waals surface area contributed by atoms with Crippen LogP contribution in [0.3, 0.4) is 0 Å². The summed E-state index contributed by atoms with van der Waals surface area (Å²) in [6.07, 6.45) is 1.43. The number of nitrogens with one attached hydrogen (secondary N) is 4. The molecule has 0 aliphatic heterocycles. The second-order valence-corrected chi connectivity index (χ2v) is 6.40. The third kappa shape index (κ3) is 6.64. The molecule has 0 bridgehead atoms. The number of anilines is 3. The van der Waals surface area contributed by atoms with Crippen molar-refractivity contribution < 1.29 is 18.8 Å². The number of benzene rings is 2. The Bertz CT molecular complexity index is 1060. The molecule has 0 fully saturated rings. The number of halogens is 1. The van der Waals surface area contributed by atoms with E-state index < -0.39 is 23.7 Å². The Balaban J connectivity index is 1.54. The number of hydrogen-bond donors (Lipinski definition) is 4. The van der Waals surface area contributed by atoms with Crippen molar-refractivity contribution in [2.24, 2.45) is 0 Å². The van der Waals surface area contributed by atoms with Gasteiger partial charge in [-0.15, -0.1) is 0 Å². The van der Waals surface area contributed by atoms with Crippen molar-refractivity contribution >= 4 is 34.9 Å². The molecule has 0 aliphatic rings. The van der Waals surface area contributed by atoms with Crippen molar-refractivity contribution in [1.82, 2.24) is 10.3 Å². The first kappa shape index (κ1) is 21.4. The summed E-state index contributed by atoms with van der Waals surface area (Å²) in [6, 6.07) is 16.9. The number of hydrogen-bond acceptors (Lipinski definition) is 4. The average Bonchev–Trinajstić information content (AvgIpc) is 2.77. The Hall–Kier alpha value is -4.27. The van der Waals surface area contributed by atoms with Crippen LogP contribution in [0.5, 0.6) is 0 Å². The third-order valence-electron chi connectivity index (χ3n) is 4.07. The zero-order valence-electron chi connectivity index (χ0n) is 16.4. The van der Waals surface area contributed by atoms with Gasteiger partial charge in [0.2, 0.25) is 5.91 Å². The standard InChI is InChI=1S/C22H20FN5O3/c23-15-9-10-17(28-21(30)18-8-4-5-12-24-18)19(14-15)27-20(29)11-13-25-22(31)26-16-6-2-1-3-7-16/h1-10,12,14H,11,13H2,(H,27,29)(H,28,30)(H2,25,26,31). The topological polar surface area (TPSA) is 112 Å². The Morgan fingerprint density at radius 3 is 2.35 bits per heavy atom. The van der Waals surface area contributed by atoms with Crippen molar-refractivity contribution in [1.29, 1.82) is 0 Å². The average molecular weight is 421 g/mol. The number of pyridine rings is 1. The molecule has 1 aromatic heterocycles. The summed E-state index contributed by atoms with van der Waals surface area (Å²) < 4.78 is 13.7. The minimum absolute atomic E-state index is 0.0493. The number of nitrogens with zero attached hydrogens (tertiary/aromatic N) is 1. The third-order valence-corrected chi connectivity index (χ3v) is 4.07. The molecule has 2 aromatic carbocycles. The number of urea groups is 1. The number of aromatic nitrogens is 1. The fourth-order valence-electron chi connectivity index (χ4n) is 2.61. The first-order valence-corrected chi connectivity index (χ1v) is 9.43. The lowest BCUT2D eigenvalue weighted by Crippen LogP contribution is -2.31. The van der Waals surface area contributed by atoms with E-state index >= 15 is 0 Å². The van der Waals surface area contributed by atoms with Crippen molar-refractivity contribution in [2.75, 3.05) is 22.5 Å². The van der Waals surface area contributed by atoms with Crippen LogP contribution in [0.2, 0.25) is 0 Å². The molecule has 0 radical (unpaired) electrons. The maximum atomic E-state index is 13.7. The normalized spacial score (nSPS) is 10.1. The summed E-state index contributed by atoms with van der Waals surface area (Å²) in [6.45, 7) is 0.0649. The van der Waals surface area contributed by atoms with E-state index in [1.165, 1.54) is 24.4 Å². The molecule has 3 aromatic rings. The van der Waals surface area contributed by atoms with E-state index in [-0.39, 0.29) is 30.0 Å². The number of para-hydroxylation sites is 1. The molecule has 0 spiro atoms. The summed E-state index contributed by atoms with van der Waals surface area (Å²) >= 11 is 0. The zero-order chi connectivity index (χ0) is 22.1. The molecule has 0 unspecified atom stereocenters. The Morgan fingerprint density at radius 1 is 0.839 bits per heavy atom. The van der Waals surface area contributed by atoms with Crippen molar-refractivity contribution in [3.63, 3.8) is 0 Å². The lowest BCUT2D eigenvalue weighted by molar-refractivity contribution is -0.116. The van der Waals surface area contributed by atoms with Gasteiger partial charge in [0, 0.05) is 24.8 Å². The van der Waals surface area contributed by atoms with Crippen LogP contribution in [0, 0.1) is 5.82 Å². The van der Waals surface area contributed by atoms with Gasteiger partial charge in [0.05, 0.1) is 11.4 Å². The number of carbonyl (C=O) groups excluding carboxylic acids is 3. The maximum Gasteiger partial charge on any atom is 0.319 e. The van der Waals surface area contributed by atoms with E-state index in [0.29, 0.717) is 5.69 Å². The Kier molecular flexibility index (Phi) is 7.26. The predicted octanol–water partition coefficient (Wildman–Crippen LogP) is 3.62. The molecule has 31 heavy (non-hydrogen) atoms. The van der Waals surface area contributed by atoms with E-state index in [4.69, 9.17) is 0 Å². The van der Waals surface area contributed by atoms with Crippen LogP contribution in [-0.4, -0.2) is 29.4 Å². The Labute approximate surface area is 177 Å². The largest absolute Gasteiger partial charge is 0.337 e. The second kappa shape index (κ2) is 10.5. The van der Waals surface area contributed by atoms with Crippen LogP contribution < -0.4 is 21.3 Å². The number of carbonyl (C=O) groups is 3. The first-order chi connectivity index (χ1) is 15.0. The lowest BCUT2D eigenvalue weighted by atomic mass is 10.2. The lowest BCUT2D eigenvalue weighted by Gasteiger charge is -2.13. The van der Waals surface area contributed by atoms with Crippen molar-refractivity contribution in [3.8, 4) is 0 Å². The van der Waals surface area contributed by atoms with Crippen molar-refractivity contribution in [2.45, 2.75) is 6.42 Å². The van der Waals surface area contributed by atoms with Crippen LogP contribution in [0.25, 0.3) is 0 Å². The molecule has 0 saturated carbocycles. The van der Waals surface area contributed by atoms with Crippen molar-refractivity contribution in [3.05, 3.63) is 84.4 Å². The molecule has 158 valence electrons. The van der Waals surface area contributed by atoms with Crippen LogP contribution in [-0.2, 0) is 4.79 Å². The fraction of sp³-hybridized carbons (Fsp3) is 0.0909. The monoisotopic (exact) mass is 421 g/mol. The van der Waals surface area contributed by atoms with Gasteiger partial charge in [-0.25, -0.2) is 9.18 Å². The quantitative estimate of drug-likeness (QED) is 0.467. The highest BCUT2D eigenvalue weighted by atomic mass is 19.1. The summed E-state index contributed by atoms with van der Waals surface area (Å²) in [7, 11) is 0. The molecule has 1 heterocycles. The molecular formula is C22H20FN5O3. The zero-order valence-corrected chi connectivity index (χ0v) is 16.4. The summed E-state index contributed by atoms with van der Waals surface area (Å²) in [5.74, 6) is -1.53. The van der Waals surface area contributed by atoms with E-state index in [9.17, 15) is 18.8 Å². The minimum atomic E-state index is -0.577. The summed E-state index contributed by atoms with van der Waals surface area (Å²) in [5.41, 5.74) is 1.12. The van der Waals surface area contributed by atoms with Gasteiger partial charge in [0.15, 0.2) is 0 Å². The van der Waals surface area contributed by atoms with Crippen LogP contribution in [0.15, 0.2) is 72.9 Å². The van der Waals surface area contributed by atoms with Crippen LogP contribution in [0.1, 0.15) is 16.9 Å². The minimum Gasteiger partial charge on any atom is -0.337 e. The second-order valence-electron chi connectivity index (χ2n) is 6.40. The smallest absolute Gasteiger partial charge is 0.319 e. The van der Waals surface area contributed by atoms with Gasteiger partial charge in [0.25, 0.3) is 5.91 Å². The summed E-state index contributed by atoms with van der Waals surface area (Å²) in [4.78, 5) is 40.3. The van der Waals surface area contributed by atoms with E-state index in [1.807, 2.05) is 6.07 Å². The Morgan fingerprint density at radius 2 is 1.61 bits per heavy atom. The van der Waals surface area contributed by atoms with Gasteiger partial charge in [-0.2, -0.15) is 0 Å². The molecule has 8 nitrogen and oxygen atoms in total. The van der Waals surface area contributed by atoms with E-state index in [1.54, 1.807) is 36.4 Å². The van der Waals surface area contributed by atoms with Gasteiger partial charge in [-0.05, 0) is 42.5 Å². The van der Waals surface area contributed by atoms with Gasteiger partial charge in [-0.3, -0.25) is 14.6 Å². The molecule has 4 N–H and O–H groups in total. The highest BCUT2D eigenvalue weighted by Gasteiger charge is 2.13. The predicted molar refractivity (Wildman–Crippen MR) is 115 cm³/mol. The van der Waals surface area contributed by atoms with Gasteiger partial charge < -0.3 is 21.3 Å². The number of amides is 4. The SMILES string of the molecule is O=C(CCNC(=O)Nc1ccccc1)Nc1cc(F)ccc1NC(=O)c1ccccn1.